The first-order valence-electron chi connectivity index (χ1n) is 6.74. The molecule has 0 fully saturated rings. The fraction of sp³-hybridized carbons (Fsp3) is 0. The minimum Gasteiger partial charge on any atom is -0.399 e. The molecule has 3 nitrogen and oxygen atoms in total. The van der Waals surface area contributed by atoms with Crippen molar-refractivity contribution < 1.29 is 0 Å². The van der Waals surface area contributed by atoms with Crippen molar-refractivity contribution in [2.75, 3.05) is 5.73 Å². The van der Waals surface area contributed by atoms with Crippen LogP contribution in [-0.4, -0.2) is 0 Å². The van der Waals surface area contributed by atoms with Gasteiger partial charge >= 0.3 is 0 Å². The van der Waals surface area contributed by atoms with Crippen molar-refractivity contribution in [3.05, 3.63) is 78.9 Å². The van der Waals surface area contributed by atoms with Crippen molar-refractivity contribution in [2.45, 2.75) is 0 Å². The van der Waals surface area contributed by atoms with Crippen LogP contribution in [0.1, 0.15) is 0 Å². The lowest BCUT2D eigenvalue weighted by Crippen LogP contribution is -1.80. The Morgan fingerprint density at radius 1 is 0.524 bits per heavy atom. The topological polar surface area (TPSA) is 50.7 Å². The van der Waals surface area contributed by atoms with E-state index >= 15 is 0 Å². The summed E-state index contributed by atoms with van der Waals surface area (Å²) in [6.45, 7) is 0. The SMILES string of the molecule is Nc1ccc(N=Nc2ccc(-c3ccccc3)cc2)cc1. The van der Waals surface area contributed by atoms with E-state index in [0.29, 0.717) is 0 Å². The summed E-state index contributed by atoms with van der Waals surface area (Å²) in [7, 11) is 0. The molecule has 3 aromatic carbocycles. The molecular formula is C18H15N3. The maximum Gasteiger partial charge on any atom is 0.0858 e. The molecule has 0 saturated carbocycles. The molecule has 0 radical (unpaired) electrons. The third-order valence-electron chi connectivity index (χ3n) is 3.15. The third kappa shape index (κ3) is 3.34. The molecule has 0 aliphatic heterocycles. The highest BCUT2D eigenvalue weighted by Gasteiger charge is 1.96. The van der Waals surface area contributed by atoms with Crippen LogP contribution < -0.4 is 5.73 Å². The molecule has 0 spiro atoms. The number of nitrogens with zero attached hydrogens (tertiary/aromatic N) is 2. The second-order valence-electron chi connectivity index (χ2n) is 4.70. The Morgan fingerprint density at radius 3 is 1.57 bits per heavy atom. The molecule has 0 heterocycles. The summed E-state index contributed by atoms with van der Waals surface area (Å²) in [5.41, 5.74) is 10.3. The first-order chi connectivity index (χ1) is 10.3. The zero-order valence-corrected chi connectivity index (χ0v) is 11.5. The van der Waals surface area contributed by atoms with Gasteiger partial charge in [-0.15, -0.1) is 0 Å². The maximum absolute atomic E-state index is 5.63. The Kier molecular flexibility index (Phi) is 3.74. The molecule has 0 aliphatic rings. The first-order valence-corrected chi connectivity index (χ1v) is 6.74. The van der Waals surface area contributed by atoms with E-state index in [1.54, 1.807) is 0 Å². The van der Waals surface area contributed by atoms with Crippen LogP contribution in [0.4, 0.5) is 17.1 Å². The predicted octanol–water partition coefficient (Wildman–Crippen LogP) is 5.35. The number of nitrogen functional groups attached to an aromatic ring is 1. The molecule has 21 heavy (non-hydrogen) atoms. The van der Waals surface area contributed by atoms with Crippen LogP contribution in [0, 0.1) is 0 Å². The van der Waals surface area contributed by atoms with Crippen molar-refractivity contribution in [1.82, 2.24) is 0 Å². The number of nitrogens with two attached hydrogens (primary N) is 1. The van der Waals surface area contributed by atoms with Gasteiger partial charge in [0.2, 0.25) is 0 Å². The van der Waals surface area contributed by atoms with Crippen molar-refractivity contribution in [3.8, 4) is 11.1 Å². The van der Waals surface area contributed by atoms with Gasteiger partial charge in [0, 0.05) is 5.69 Å². The van der Waals surface area contributed by atoms with E-state index in [-0.39, 0.29) is 0 Å². The van der Waals surface area contributed by atoms with Crippen LogP contribution in [0.2, 0.25) is 0 Å². The van der Waals surface area contributed by atoms with Gasteiger partial charge in [-0.25, -0.2) is 0 Å². The van der Waals surface area contributed by atoms with Crippen LogP contribution in [0.25, 0.3) is 11.1 Å². The molecule has 102 valence electrons. The maximum atomic E-state index is 5.63. The van der Waals surface area contributed by atoms with Crippen LogP contribution in [0.3, 0.4) is 0 Å². The van der Waals surface area contributed by atoms with E-state index in [0.717, 1.165) is 17.1 Å². The zero-order valence-electron chi connectivity index (χ0n) is 11.5. The molecule has 2 N–H and O–H groups in total. The predicted molar refractivity (Wildman–Crippen MR) is 86.9 cm³/mol. The first kappa shape index (κ1) is 13.1. The van der Waals surface area contributed by atoms with Gasteiger partial charge in [-0.1, -0.05) is 42.5 Å². The van der Waals surface area contributed by atoms with Gasteiger partial charge in [0.1, 0.15) is 0 Å². The summed E-state index contributed by atoms with van der Waals surface area (Å²) in [6, 6.07) is 25.6. The lowest BCUT2D eigenvalue weighted by Gasteiger charge is -2.01. The molecule has 0 saturated heterocycles. The van der Waals surface area contributed by atoms with Crippen LogP contribution in [-0.2, 0) is 0 Å². The van der Waals surface area contributed by atoms with Crippen molar-refractivity contribution in [2.24, 2.45) is 10.2 Å². The zero-order chi connectivity index (χ0) is 14.5. The largest absolute Gasteiger partial charge is 0.399 e. The van der Waals surface area contributed by atoms with Crippen LogP contribution in [0.5, 0.6) is 0 Å². The molecular weight excluding hydrogens is 258 g/mol. The minimum atomic E-state index is 0.723. The number of hydrogen-bond donors (Lipinski definition) is 1. The fourth-order valence-electron chi connectivity index (χ4n) is 2.01. The summed E-state index contributed by atoms with van der Waals surface area (Å²) >= 11 is 0. The summed E-state index contributed by atoms with van der Waals surface area (Å²) in [6.07, 6.45) is 0. The van der Waals surface area contributed by atoms with E-state index in [9.17, 15) is 0 Å². The second-order valence-corrected chi connectivity index (χ2v) is 4.70. The molecule has 3 aromatic rings. The van der Waals surface area contributed by atoms with E-state index in [4.69, 9.17) is 5.73 Å². The number of rotatable bonds is 3. The lowest BCUT2D eigenvalue weighted by atomic mass is 10.1. The van der Waals surface area contributed by atoms with Crippen molar-refractivity contribution in [1.29, 1.82) is 0 Å². The summed E-state index contributed by atoms with van der Waals surface area (Å²) in [4.78, 5) is 0. The number of azo groups is 1. The van der Waals surface area contributed by atoms with Gasteiger partial charge in [0.25, 0.3) is 0 Å². The van der Waals surface area contributed by atoms with Crippen LogP contribution in [0.15, 0.2) is 89.1 Å². The highest BCUT2D eigenvalue weighted by molar-refractivity contribution is 5.65. The summed E-state index contributed by atoms with van der Waals surface area (Å²) < 4.78 is 0. The molecule has 0 unspecified atom stereocenters. The van der Waals surface area contributed by atoms with Gasteiger partial charge in [-0.3, -0.25) is 0 Å². The Balaban J connectivity index is 1.77. The second kappa shape index (κ2) is 6.01. The number of benzene rings is 3. The third-order valence-corrected chi connectivity index (χ3v) is 3.15. The van der Waals surface area contributed by atoms with Gasteiger partial charge in [-0.2, -0.15) is 10.2 Å². The van der Waals surface area contributed by atoms with E-state index < -0.39 is 0 Å². The molecule has 3 rings (SSSR count). The molecule has 0 aliphatic carbocycles. The standard InChI is InChI=1S/C18H15N3/c19-16-8-12-18(13-9-16)21-20-17-10-6-15(7-11-17)14-4-2-1-3-5-14/h1-13H,19H2. The Hall–Kier alpha value is -2.94. The summed E-state index contributed by atoms with van der Waals surface area (Å²) in [5.74, 6) is 0. The quantitative estimate of drug-likeness (QED) is 0.507. The van der Waals surface area contributed by atoms with Gasteiger partial charge < -0.3 is 5.73 Å². The highest BCUT2D eigenvalue weighted by atomic mass is 15.1. The monoisotopic (exact) mass is 273 g/mol. The van der Waals surface area contributed by atoms with Crippen molar-refractivity contribution >= 4 is 17.1 Å². The van der Waals surface area contributed by atoms with Crippen LogP contribution >= 0.6 is 0 Å². The fourth-order valence-corrected chi connectivity index (χ4v) is 2.01. The van der Waals surface area contributed by atoms with E-state index in [1.165, 1.54) is 11.1 Å². The molecule has 0 aromatic heterocycles. The van der Waals surface area contributed by atoms with Gasteiger partial charge in [0.15, 0.2) is 0 Å². The Labute approximate surface area is 123 Å². The Bertz CT molecular complexity index is 730. The van der Waals surface area contributed by atoms with Gasteiger partial charge in [-0.05, 0) is 47.5 Å². The van der Waals surface area contributed by atoms with Crippen molar-refractivity contribution in [3.63, 3.8) is 0 Å². The molecule has 3 heteroatoms. The van der Waals surface area contributed by atoms with E-state index in [2.05, 4.69) is 22.4 Å². The summed E-state index contributed by atoms with van der Waals surface area (Å²) in [5, 5.41) is 8.41. The van der Waals surface area contributed by atoms with Gasteiger partial charge in [0.05, 0.1) is 11.4 Å². The normalized spacial score (nSPS) is 10.9. The molecule has 0 bridgehead atoms. The average molecular weight is 273 g/mol. The highest BCUT2D eigenvalue weighted by Crippen LogP contribution is 2.24. The Morgan fingerprint density at radius 2 is 1.00 bits per heavy atom. The lowest BCUT2D eigenvalue weighted by molar-refractivity contribution is 1.23. The molecule has 0 atom stereocenters. The van der Waals surface area contributed by atoms with E-state index in [1.807, 2.05) is 66.7 Å². The number of anilines is 1. The minimum absolute atomic E-state index is 0.723. The number of hydrogen-bond acceptors (Lipinski definition) is 3. The molecule has 0 amide bonds. The smallest absolute Gasteiger partial charge is 0.0858 e. The average Bonchev–Trinajstić information content (AvgIpc) is 2.56.